The summed E-state index contributed by atoms with van der Waals surface area (Å²) in [4.78, 5) is 84.7. The molecule has 0 aromatic rings. The molecule has 2 saturated heterocycles. The number of aliphatic hydroxyl groups excluding tert-OH is 2. The predicted molar refractivity (Wildman–Crippen MR) is 290 cm³/mol. The van der Waals surface area contributed by atoms with Gasteiger partial charge >= 0.3 is 12.1 Å². The fourth-order valence-corrected chi connectivity index (χ4v) is 10.8. The van der Waals surface area contributed by atoms with Crippen molar-refractivity contribution in [3.8, 4) is 0 Å². The van der Waals surface area contributed by atoms with E-state index in [0.717, 1.165) is 10.5 Å². The quantitative estimate of drug-likeness (QED) is 0.0587. The molecule has 20 nitrogen and oxygen atoms in total. The lowest BCUT2D eigenvalue weighted by Gasteiger charge is -2.42. The van der Waals surface area contributed by atoms with Crippen molar-refractivity contribution in [3.05, 3.63) is 47.6 Å². The van der Waals surface area contributed by atoms with Crippen molar-refractivity contribution in [3.63, 3.8) is 0 Å². The SMILES string of the molecule is CCOCCOCCOCCNC(=O)O[C@@H]1CC[C@@H](C[C@@H](N)[C@@H]2CC(=O)[C@H](C)/C=C(\C)[C@@H](O)[C@@H](O)C(=O)[C@H](C)C[C@H](C)/C=C/C=C/C=C(\C)[C@@H](OC)C[C@@H]3CC[C@@H](C)[C@@](O)(O3)C(=O)C(=O)N3CCCC[C@H]3C(=O)O2)C[C@H]1OC. The molecule has 0 aromatic heterocycles. The van der Waals surface area contributed by atoms with E-state index in [4.69, 9.17) is 43.6 Å². The molecule has 0 spiro atoms. The second-order valence-electron chi connectivity index (χ2n) is 21.8. The van der Waals surface area contributed by atoms with Crippen LogP contribution < -0.4 is 11.1 Å². The van der Waals surface area contributed by atoms with Crippen LogP contribution in [0.3, 0.4) is 0 Å². The Kier molecular flexibility index (Phi) is 28.5. The molecule has 4 rings (SSSR count). The molecule has 15 atom stereocenters. The first-order chi connectivity index (χ1) is 37.1. The third-order valence-electron chi connectivity index (χ3n) is 15.7. The van der Waals surface area contributed by atoms with E-state index < -0.39 is 114 Å². The monoisotopic (exact) mass is 1100 g/mol. The Balaban J connectivity index is 1.57. The first-order valence-corrected chi connectivity index (χ1v) is 28.2. The normalized spacial score (nSPS) is 35.5. The Labute approximate surface area is 462 Å². The standard InChI is InChI=1S/C58H93N3O17/c1-10-73-26-27-75-29-28-74-25-23-60-57(69)77-47-22-20-42(33-50(47)72-9)32-44(59)49-35-46(62)38(4)31-40(6)52(64)53(65)51(63)39(5)30-36(2)16-12-11-13-17-37(3)48(71-8)34-43-21-19-41(7)58(70,78-43)54(66)55(67)61-24-15-14-18-45(61)56(68)76-49/h11-13,16-17,31,36,38-39,41-45,47-50,52-53,64-65,70H,10,14-15,18-30,32-35,59H2,1-9H3,(H,60,69)/b13-11+,16-12+,37-17+,40-31+/t36-,38-,39-,41-,42+,43+,44-,45+,47-,48+,49+,50-,52-,53+,58-/m1/s1. The summed E-state index contributed by atoms with van der Waals surface area (Å²) in [7, 11) is 3.07. The zero-order valence-electron chi connectivity index (χ0n) is 47.8. The number of nitrogens with zero attached hydrogens (tertiary/aromatic N) is 1. The summed E-state index contributed by atoms with van der Waals surface area (Å²) in [6.45, 7) is 15.0. The predicted octanol–water partition coefficient (Wildman–Crippen LogP) is 5.02. The van der Waals surface area contributed by atoms with Gasteiger partial charge < -0.3 is 69.2 Å². The van der Waals surface area contributed by atoms with Crippen molar-refractivity contribution in [2.45, 2.75) is 186 Å². The first-order valence-electron chi connectivity index (χ1n) is 28.2. The van der Waals surface area contributed by atoms with E-state index >= 15 is 0 Å². The summed E-state index contributed by atoms with van der Waals surface area (Å²) in [5.74, 6) is -9.09. The summed E-state index contributed by atoms with van der Waals surface area (Å²) < 4.78 is 45.9. The molecular weight excluding hydrogens is 1010 g/mol. The third-order valence-corrected chi connectivity index (χ3v) is 15.7. The van der Waals surface area contributed by atoms with Gasteiger partial charge in [0.25, 0.3) is 11.7 Å². The number of esters is 1. The van der Waals surface area contributed by atoms with E-state index in [1.54, 1.807) is 27.9 Å². The third kappa shape index (κ3) is 20.1. The highest BCUT2D eigenvalue weighted by Gasteiger charge is 2.53. The molecule has 6 N–H and O–H groups in total. The van der Waals surface area contributed by atoms with Crippen LogP contribution in [-0.2, 0) is 61.9 Å². The number of ether oxygens (including phenoxy) is 8. The molecule has 4 aliphatic rings. The minimum Gasteiger partial charge on any atom is -0.459 e. The average Bonchev–Trinajstić information content (AvgIpc) is 3.51. The van der Waals surface area contributed by atoms with E-state index in [-0.39, 0.29) is 62.8 Å². The molecule has 0 unspecified atom stereocenters. The van der Waals surface area contributed by atoms with E-state index in [2.05, 4.69) is 5.32 Å². The van der Waals surface area contributed by atoms with E-state index in [1.807, 2.05) is 51.2 Å². The van der Waals surface area contributed by atoms with Crippen molar-refractivity contribution in [2.24, 2.45) is 35.3 Å². The summed E-state index contributed by atoms with van der Waals surface area (Å²) in [5, 5.41) is 37.0. The van der Waals surface area contributed by atoms with Crippen LogP contribution in [0.4, 0.5) is 4.79 Å². The number of alkyl carbamates (subject to hydrolysis) is 1. The highest BCUT2D eigenvalue weighted by Crippen LogP contribution is 2.37. The van der Waals surface area contributed by atoms with Crippen LogP contribution in [0.5, 0.6) is 0 Å². The van der Waals surface area contributed by atoms with Crippen molar-refractivity contribution in [1.29, 1.82) is 0 Å². The van der Waals surface area contributed by atoms with E-state index in [0.29, 0.717) is 84.4 Å². The number of methoxy groups -OCH3 is 2. The Hall–Kier alpha value is -4.22. The van der Waals surface area contributed by atoms with Gasteiger partial charge in [0.05, 0.1) is 51.3 Å². The Bertz CT molecular complexity index is 2060. The second-order valence-corrected chi connectivity index (χ2v) is 21.8. The minimum atomic E-state index is -2.49. The number of piperidine rings is 1. The summed E-state index contributed by atoms with van der Waals surface area (Å²) in [5.41, 5.74) is 7.98. The van der Waals surface area contributed by atoms with Gasteiger partial charge in [0.2, 0.25) is 5.79 Å². The van der Waals surface area contributed by atoms with Crippen LogP contribution >= 0.6 is 0 Å². The maximum absolute atomic E-state index is 14.5. The van der Waals surface area contributed by atoms with Crippen LogP contribution in [0.2, 0.25) is 0 Å². The molecule has 78 heavy (non-hydrogen) atoms. The number of carbonyl (C=O) groups excluding carboxylic acids is 6. The molecule has 0 radical (unpaired) electrons. The van der Waals surface area contributed by atoms with E-state index in [9.17, 15) is 44.1 Å². The molecule has 20 heteroatoms. The van der Waals surface area contributed by atoms with Crippen molar-refractivity contribution >= 4 is 35.3 Å². The van der Waals surface area contributed by atoms with Gasteiger partial charge in [0.15, 0.2) is 5.78 Å². The van der Waals surface area contributed by atoms with Crippen molar-refractivity contribution < 1.29 is 82.0 Å². The molecule has 1 saturated carbocycles. The average molecular weight is 1100 g/mol. The summed E-state index contributed by atoms with van der Waals surface area (Å²) in [6, 6.07) is -2.19. The fourth-order valence-electron chi connectivity index (χ4n) is 10.8. The molecule has 3 aliphatic heterocycles. The highest BCUT2D eigenvalue weighted by atomic mass is 16.6. The van der Waals surface area contributed by atoms with Gasteiger partial charge in [0.1, 0.15) is 36.2 Å². The number of allylic oxidation sites excluding steroid dienone is 6. The number of nitrogens with two attached hydrogens (primary N) is 1. The Morgan fingerprint density at radius 2 is 1.54 bits per heavy atom. The van der Waals surface area contributed by atoms with Gasteiger partial charge in [-0.15, -0.1) is 0 Å². The second kappa shape index (κ2) is 33.5. The van der Waals surface area contributed by atoms with E-state index in [1.165, 1.54) is 20.1 Å². The van der Waals surface area contributed by atoms with Gasteiger partial charge in [-0.2, -0.15) is 0 Å². The molecule has 2 bridgehead atoms. The van der Waals surface area contributed by atoms with Crippen LogP contribution in [-0.4, -0.2) is 183 Å². The minimum absolute atomic E-state index is 0.0164. The zero-order valence-corrected chi connectivity index (χ0v) is 47.8. The smallest absolute Gasteiger partial charge is 0.407 e. The van der Waals surface area contributed by atoms with Crippen molar-refractivity contribution in [2.75, 3.05) is 67.0 Å². The van der Waals surface area contributed by atoms with Gasteiger partial charge in [-0.25, -0.2) is 9.59 Å². The number of Topliss-reactive ketones (excluding diaryl/α,β-unsaturated/α-hetero) is 3. The highest BCUT2D eigenvalue weighted by molar-refractivity contribution is 6.39. The molecule has 3 heterocycles. The number of fused-ring (bicyclic) bond motifs is 3. The lowest BCUT2D eigenvalue weighted by Crippen LogP contribution is -2.61. The zero-order chi connectivity index (χ0) is 57.5. The Morgan fingerprint density at radius 1 is 0.833 bits per heavy atom. The van der Waals surface area contributed by atoms with Gasteiger partial charge in [-0.1, -0.05) is 64.2 Å². The number of amides is 2. The fraction of sp³-hybridized carbons (Fsp3) is 0.759. The molecule has 3 fully saturated rings. The maximum atomic E-state index is 14.5. The number of hydrogen-bond donors (Lipinski definition) is 5. The lowest BCUT2D eigenvalue weighted by molar-refractivity contribution is -0.265. The van der Waals surface area contributed by atoms with Crippen LogP contribution in [0.25, 0.3) is 0 Å². The number of ketones is 3. The first kappa shape index (κ1) is 66.3. The van der Waals surface area contributed by atoms with Crippen molar-refractivity contribution in [1.82, 2.24) is 10.2 Å². The van der Waals surface area contributed by atoms with Crippen LogP contribution in [0.1, 0.15) is 126 Å². The number of rotatable bonds is 16. The molecular formula is C58H93N3O17. The number of cyclic esters (lactones) is 1. The number of nitrogens with one attached hydrogen (secondary N) is 1. The van der Waals surface area contributed by atoms with Crippen LogP contribution in [0, 0.1) is 29.6 Å². The molecule has 0 aromatic carbocycles. The number of aliphatic hydroxyl groups is 3. The largest absolute Gasteiger partial charge is 0.459 e. The van der Waals surface area contributed by atoms with Gasteiger partial charge in [-0.3, -0.25) is 19.2 Å². The molecule has 2 amide bonds. The summed E-state index contributed by atoms with van der Waals surface area (Å²) in [6.07, 6.45) is 7.29. The van der Waals surface area contributed by atoms with Crippen LogP contribution in [0.15, 0.2) is 47.6 Å². The lowest BCUT2D eigenvalue weighted by atomic mass is 9.80. The number of carbonyl (C=O) groups is 6. The van der Waals surface area contributed by atoms with Gasteiger partial charge in [0, 0.05) is 70.6 Å². The molecule has 442 valence electrons. The van der Waals surface area contributed by atoms with Gasteiger partial charge in [-0.05, 0) is 108 Å². The number of hydrogen-bond acceptors (Lipinski definition) is 18. The summed E-state index contributed by atoms with van der Waals surface area (Å²) >= 11 is 0. The Morgan fingerprint density at radius 3 is 2.23 bits per heavy atom. The topological polar surface area (TPSA) is 278 Å². The maximum Gasteiger partial charge on any atom is 0.407 e. The molecule has 1 aliphatic carbocycles.